The van der Waals surface area contributed by atoms with Crippen LogP contribution in [0.3, 0.4) is 0 Å². The van der Waals surface area contributed by atoms with Crippen LogP contribution < -0.4 is 10.1 Å². The Kier molecular flexibility index (Phi) is 6.20. The van der Waals surface area contributed by atoms with Crippen LogP contribution in [-0.4, -0.2) is 25.5 Å². The third-order valence-electron chi connectivity index (χ3n) is 4.38. The lowest BCUT2D eigenvalue weighted by Crippen LogP contribution is -2.20. The summed E-state index contributed by atoms with van der Waals surface area (Å²) < 4.78 is 22.5. The fourth-order valence-corrected chi connectivity index (χ4v) is 3.19. The molecule has 10 heteroatoms. The summed E-state index contributed by atoms with van der Waals surface area (Å²) in [7, 11) is 0. The van der Waals surface area contributed by atoms with Crippen LogP contribution >= 0.6 is 23.2 Å². The topological polar surface area (TPSA) is 74.0 Å². The smallest absolute Gasteiger partial charge is 0.275 e. The van der Waals surface area contributed by atoms with Gasteiger partial charge in [0.2, 0.25) is 0 Å². The molecule has 0 radical (unpaired) electrons. The second kappa shape index (κ2) is 9.20. The van der Waals surface area contributed by atoms with E-state index in [0.29, 0.717) is 32.9 Å². The predicted molar refractivity (Wildman–Crippen MR) is 115 cm³/mol. The minimum absolute atomic E-state index is 0.0393. The van der Waals surface area contributed by atoms with E-state index in [0.717, 1.165) is 0 Å². The van der Waals surface area contributed by atoms with Gasteiger partial charge in [-0.15, -0.1) is 0 Å². The highest BCUT2D eigenvalue weighted by Gasteiger charge is 2.15. The van der Waals surface area contributed by atoms with E-state index >= 15 is 0 Å². The summed E-state index contributed by atoms with van der Waals surface area (Å²) in [6.45, 7) is 0.172. The van der Waals surface area contributed by atoms with Gasteiger partial charge < -0.3 is 10.1 Å². The number of aromatic nitrogens is 4. The summed E-state index contributed by atoms with van der Waals surface area (Å²) in [6.07, 6.45) is 3.12. The molecule has 1 N–H and O–H groups in total. The molecule has 0 saturated carbocycles. The second-order valence-corrected chi connectivity index (χ2v) is 7.34. The number of ether oxygens (including phenoxy) is 1. The summed E-state index contributed by atoms with van der Waals surface area (Å²) in [5, 5.41) is 12.0. The summed E-state index contributed by atoms with van der Waals surface area (Å²) >= 11 is 11.9. The van der Waals surface area contributed by atoms with Gasteiger partial charge in [0.15, 0.2) is 12.5 Å². The van der Waals surface area contributed by atoms with Gasteiger partial charge in [0.05, 0.1) is 6.54 Å². The quantitative estimate of drug-likeness (QED) is 0.428. The molecule has 0 fully saturated rings. The van der Waals surface area contributed by atoms with Crippen LogP contribution in [0, 0.1) is 5.82 Å². The molecular formula is C21H16Cl2FN5O2. The summed E-state index contributed by atoms with van der Waals surface area (Å²) in [6, 6.07) is 14.5. The maximum absolute atomic E-state index is 14.0. The van der Waals surface area contributed by atoms with E-state index in [1.165, 1.54) is 27.7 Å². The van der Waals surface area contributed by atoms with Crippen molar-refractivity contribution in [2.75, 3.05) is 5.32 Å². The van der Waals surface area contributed by atoms with E-state index in [9.17, 15) is 9.18 Å². The molecule has 2 heterocycles. The molecule has 158 valence electrons. The molecule has 0 saturated heterocycles. The van der Waals surface area contributed by atoms with Crippen molar-refractivity contribution in [3.05, 3.63) is 94.1 Å². The van der Waals surface area contributed by atoms with Crippen molar-refractivity contribution in [3.63, 3.8) is 0 Å². The summed E-state index contributed by atoms with van der Waals surface area (Å²) in [4.78, 5) is 12.7. The van der Waals surface area contributed by atoms with Crippen LogP contribution in [0.15, 0.2) is 67.0 Å². The summed E-state index contributed by atoms with van der Waals surface area (Å²) in [5.74, 6) is 0.0743. The maximum atomic E-state index is 14.0. The van der Waals surface area contributed by atoms with Crippen LogP contribution in [0.1, 0.15) is 16.1 Å². The number of benzene rings is 2. The van der Waals surface area contributed by atoms with Crippen molar-refractivity contribution in [2.24, 2.45) is 0 Å². The SMILES string of the molecule is O=C(Nc1ccn(Cc2c(F)cccc2Cl)n1)c1ccnn1COc1ccc(Cl)cc1. The number of nitrogens with one attached hydrogen (secondary N) is 1. The number of hydrogen-bond donors (Lipinski definition) is 1. The van der Waals surface area contributed by atoms with E-state index in [1.807, 2.05) is 0 Å². The van der Waals surface area contributed by atoms with E-state index in [1.54, 1.807) is 48.7 Å². The molecule has 2 aromatic carbocycles. The number of carbonyl (C=O) groups excluding carboxylic acids is 1. The van der Waals surface area contributed by atoms with Gasteiger partial charge >= 0.3 is 0 Å². The first-order chi connectivity index (χ1) is 15.0. The van der Waals surface area contributed by atoms with Crippen LogP contribution in [0.5, 0.6) is 5.75 Å². The van der Waals surface area contributed by atoms with Gasteiger partial charge in [-0.3, -0.25) is 9.48 Å². The van der Waals surface area contributed by atoms with Gasteiger partial charge in [-0.2, -0.15) is 10.2 Å². The van der Waals surface area contributed by atoms with Crippen molar-refractivity contribution in [3.8, 4) is 5.75 Å². The number of halogens is 3. The normalized spacial score (nSPS) is 10.8. The Morgan fingerprint density at radius 3 is 2.68 bits per heavy atom. The minimum Gasteiger partial charge on any atom is -0.471 e. The lowest BCUT2D eigenvalue weighted by molar-refractivity contribution is 0.100. The molecule has 7 nitrogen and oxygen atoms in total. The largest absolute Gasteiger partial charge is 0.471 e. The van der Waals surface area contributed by atoms with Crippen molar-refractivity contribution in [1.29, 1.82) is 0 Å². The molecule has 0 aliphatic rings. The zero-order chi connectivity index (χ0) is 21.8. The molecule has 0 atom stereocenters. The first kappa shape index (κ1) is 20.9. The van der Waals surface area contributed by atoms with Crippen LogP contribution in [-0.2, 0) is 13.3 Å². The zero-order valence-corrected chi connectivity index (χ0v) is 17.5. The van der Waals surface area contributed by atoms with Crippen LogP contribution in [0.4, 0.5) is 10.2 Å². The molecule has 2 aromatic heterocycles. The number of rotatable bonds is 7. The maximum Gasteiger partial charge on any atom is 0.275 e. The number of amides is 1. The van der Waals surface area contributed by atoms with E-state index < -0.39 is 11.7 Å². The van der Waals surface area contributed by atoms with Crippen LogP contribution in [0.2, 0.25) is 10.0 Å². The number of nitrogens with zero attached hydrogens (tertiary/aromatic N) is 4. The molecule has 0 aliphatic heterocycles. The van der Waals surface area contributed by atoms with E-state index in [4.69, 9.17) is 27.9 Å². The van der Waals surface area contributed by atoms with E-state index in [-0.39, 0.29) is 13.3 Å². The fraction of sp³-hybridized carbons (Fsp3) is 0.0952. The molecule has 0 aliphatic carbocycles. The van der Waals surface area contributed by atoms with Crippen LogP contribution in [0.25, 0.3) is 0 Å². The minimum atomic E-state index is -0.418. The standard InChI is InChI=1S/C21H16Cl2FN5O2/c22-14-4-6-15(7-5-14)31-13-29-19(8-10-25-29)21(30)26-20-9-11-28(27-20)12-16-17(23)2-1-3-18(16)24/h1-11H,12-13H2,(H,26,27,30). The van der Waals surface area contributed by atoms with Crippen molar-refractivity contribution in [2.45, 2.75) is 13.3 Å². The fourth-order valence-electron chi connectivity index (χ4n) is 2.84. The molecule has 1 amide bonds. The lowest BCUT2D eigenvalue weighted by Gasteiger charge is -2.09. The molecule has 4 aromatic rings. The molecule has 4 rings (SSSR count). The third kappa shape index (κ3) is 5.04. The zero-order valence-electron chi connectivity index (χ0n) is 16.0. The molecule has 0 spiro atoms. The Labute approximate surface area is 187 Å². The lowest BCUT2D eigenvalue weighted by atomic mass is 10.2. The van der Waals surface area contributed by atoms with Gasteiger partial charge in [-0.25, -0.2) is 9.07 Å². The highest BCUT2D eigenvalue weighted by Crippen LogP contribution is 2.20. The van der Waals surface area contributed by atoms with Gasteiger partial charge in [-0.05, 0) is 42.5 Å². The Hall–Kier alpha value is -3.36. The third-order valence-corrected chi connectivity index (χ3v) is 4.99. The average Bonchev–Trinajstić information content (AvgIpc) is 3.40. The predicted octanol–water partition coefficient (Wildman–Crippen LogP) is 4.86. The molecule has 0 unspecified atom stereocenters. The monoisotopic (exact) mass is 459 g/mol. The average molecular weight is 460 g/mol. The van der Waals surface area contributed by atoms with Gasteiger partial charge in [0.25, 0.3) is 5.91 Å². The Morgan fingerprint density at radius 2 is 1.90 bits per heavy atom. The van der Waals surface area contributed by atoms with E-state index in [2.05, 4.69) is 15.5 Å². The Bertz CT molecular complexity index is 1190. The summed E-state index contributed by atoms with van der Waals surface area (Å²) in [5.41, 5.74) is 0.614. The number of hydrogen-bond acceptors (Lipinski definition) is 4. The molecular weight excluding hydrogens is 444 g/mol. The van der Waals surface area contributed by atoms with Crippen molar-refractivity contribution >= 4 is 34.9 Å². The first-order valence-electron chi connectivity index (χ1n) is 9.17. The molecule has 31 heavy (non-hydrogen) atoms. The van der Waals surface area contributed by atoms with Crippen molar-refractivity contribution in [1.82, 2.24) is 19.6 Å². The van der Waals surface area contributed by atoms with Gasteiger partial charge in [0.1, 0.15) is 17.3 Å². The number of carbonyl (C=O) groups is 1. The highest BCUT2D eigenvalue weighted by molar-refractivity contribution is 6.31. The molecule has 0 bridgehead atoms. The van der Waals surface area contributed by atoms with Gasteiger partial charge in [0, 0.05) is 34.1 Å². The Morgan fingerprint density at radius 1 is 1.10 bits per heavy atom. The van der Waals surface area contributed by atoms with Crippen molar-refractivity contribution < 1.29 is 13.9 Å². The Balaban J connectivity index is 1.40. The number of anilines is 1. The van der Waals surface area contributed by atoms with Gasteiger partial charge in [-0.1, -0.05) is 29.3 Å². The second-order valence-electron chi connectivity index (χ2n) is 6.50. The first-order valence-corrected chi connectivity index (χ1v) is 9.93. The highest BCUT2D eigenvalue weighted by atomic mass is 35.5.